The van der Waals surface area contributed by atoms with Gasteiger partial charge in [0, 0.05) is 54.0 Å². The van der Waals surface area contributed by atoms with E-state index in [1.165, 1.54) is 70.4 Å². The molecule has 0 bridgehead atoms. The minimum absolute atomic E-state index is 0.668. The standard InChI is InChI=1S/C50H28N4/c1-2-14-32-27-33(22-21-29(32)11-1)45-39-26-24-30-12-3-5-15-34(30)46(39)52-50(51-45)54-42-19-9-7-17-36(42)40-28-41-37-25-23-31-13-4-6-16-35(31)47(37)53-43-20-10-8-18-38(43)44(48(41)53)49(40)54/h1-28H. The predicted molar refractivity (Wildman–Crippen MR) is 226 cm³/mol. The molecule has 4 heterocycles. The molecule has 0 spiro atoms. The van der Waals surface area contributed by atoms with Gasteiger partial charge in [0.2, 0.25) is 5.95 Å². The Morgan fingerprint density at radius 2 is 0.963 bits per heavy atom. The smallest absolute Gasteiger partial charge is 0.235 e. The first-order chi connectivity index (χ1) is 26.8. The maximum atomic E-state index is 5.58. The van der Waals surface area contributed by atoms with Gasteiger partial charge in [-0.3, -0.25) is 4.57 Å². The Hall–Kier alpha value is -7.30. The summed E-state index contributed by atoms with van der Waals surface area (Å²) in [5, 5.41) is 15.6. The second kappa shape index (κ2) is 10.2. The third kappa shape index (κ3) is 3.57. The van der Waals surface area contributed by atoms with E-state index in [9.17, 15) is 0 Å². The van der Waals surface area contributed by atoms with Crippen molar-refractivity contribution in [3.63, 3.8) is 0 Å². The average molecular weight is 685 g/mol. The van der Waals surface area contributed by atoms with Gasteiger partial charge in [0.1, 0.15) is 0 Å². The van der Waals surface area contributed by atoms with Crippen LogP contribution in [0.15, 0.2) is 170 Å². The van der Waals surface area contributed by atoms with Crippen LogP contribution in [0.25, 0.3) is 120 Å². The van der Waals surface area contributed by atoms with Gasteiger partial charge in [-0.25, -0.2) is 9.97 Å². The molecule has 13 rings (SSSR count). The van der Waals surface area contributed by atoms with E-state index in [1.807, 2.05) is 0 Å². The molecule has 0 saturated carbocycles. The summed E-state index contributed by atoms with van der Waals surface area (Å²) in [5.41, 5.74) is 8.86. The molecule has 0 aliphatic heterocycles. The van der Waals surface area contributed by atoms with Gasteiger partial charge >= 0.3 is 0 Å². The molecule has 54 heavy (non-hydrogen) atoms. The van der Waals surface area contributed by atoms with Gasteiger partial charge < -0.3 is 4.40 Å². The Balaban J connectivity index is 1.25. The highest BCUT2D eigenvalue weighted by molar-refractivity contribution is 6.35. The van der Waals surface area contributed by atoms with Gasteiger partial charge in [0.05, 0.1) is 38.8 Å². The lowest BCUT2D eigenvalue weighted by atomic mass is 10.00. The molecule has 0 radical (unpaired) electrons. The number of aromatic nitrogens is 4. The van der Waals surface area contributed by atoms with Crippen molar-refractivity contribution >= 4 is 103 Å². The van der Waals surface area contributed by atoms with Gasteiger partial charge in [0.25, 0.3) is 0 Å². The van der Waals surface area contributed by atoms with Crippen LogP contribution in [0.1, 0.15) is 0 Å². The third-order valence-electron chi connectivity index (χ3n) is 11.8. The number of hydrogen-bond acceptors (Lipinski definition) is 2. The summed E-state index contributed by atoms with van der Waals surface area (Å²) in [5.74, 6) is 0.668. The van der Waals surface area contributed by atoms with Crippen LogP contribution in [-0.4, -0.2) is 18.9 Å². The van der Waals surface area contributed by atoms with Crippen molar-refractivity contribution in [2.24, 2.45) is 0 Å². The van der Waals surface area contributed by atoms with Crippen LogP contribution in [0.3, 0.4) is 0 Å². The van der Waals surface area contributed by atoms with Crippen LogP contribution in [0.4, 0.5) is 0 Å². The lowest BCUT2D eigenvalue weighted by molar-refractivity contribution is 1.02. The summed E-state index contributed by atoms with van der Waals surface area (Å²) in [6, 6.07) is 61.6. The second-order valence-electron chi connectivity index (χ2n) is 14.5. The molecule has 248 valence electrons. The highest BCUT2D eigenvalue weighted by atomic mass is 15.2. The lowest BCUT2D eigenvalue weighted by Crippen LogP contribution is -2.04. The number of benzene rings is 9. The molecule has 0 aliphatic rings. The molecule has 9 aromatic carbocycles. The van der Waals surface area contributed by atoms with Gasteiger partial charge in [-0.2, -0.15) is 0 Å². The van der Waals surface area contributed by atoms with E-state index >= 15 is 0 Å². The molecule has 0 atom stereocenters. The van der Waals surface area contributed by atoms with Crippen LogP contribution in [0, 0.1) is 0 Å². The molecular formula is C50H28N4. The quantitative estimate of drug-likeness (QED) is 0.170. The summed E-state index contributed by atoms with van der Waals surface area (Å²) < 4.78 is 4.85. The van der Waals surface area contributed by atoms with Crippen molar-refractivity contribution in [1.29, 1.82) is 0 Å². The summed E-state index contributed by atoms with van der Waals surface area (Å²) in [6.45, 7) is 0. The van der Waals surface area contributed by atoms with Crippen molar-refractivity contribution in [3.05, 3.63) is 170 Å². The number of hydrogen-bond donors (Lipinski definition) is 0. The van der Waals surface area contributed by atoms with Gasteiger partial charge in [0.15, 0.2) is 0 Å². The molecule has 0 unspecified atom stereocenters. The molecule has 4 aromatic heterocycles. The van der Waals surface area contributed by atoms with Gasteiger partial charge in [-0.05, 0) is 51.9 Å². The van der Waals surface area contributed by atoms with Crippen LogP contribution < -0.4 is 0 Å². The van der Waals surface area contributed by atoms with Crippen molar-refractivity contribution in [2.45, 2.75) is 0 Å². The summed E-state index contributed by atoms with van der Waals surface area (Å²) >= 11 is 0. The number of rotatable bonds is 2. The molecule has 0 saturated heterocycles. The Bertz CT molecular complexity index is 3740. The fourth-order valence-corrected chi connectivity index (χ4v) is 9.47. The Morgan fingerprint density at radius 1 is 0.352 bits per heavy atom. The third-order valence-corrected chi connectivity index (χ3v) is 11.8. The Kier molecular flexibility index (Phi) is 5.34. The largest absolute Gasteiger partial charge is 0.307 e. The van der Waals surface area contributed by atoms with Crippen molar-refractivity contribution in [3.8, 4) is 17.2 Å². The minimum atomic E-state index is 0.668. The minimum Gasteiger partial charge on any atom is -0.307 e. The highest BCUT2D eigenvalue weighted by Crippen LogP contribution is 2.47. The zero-order chi connectivity index (χ0) is 35.1. The van der Waals surface area contributed by atoms with E-state index < -0.39 is 0 Å². The number of fused-ring (bicyclic) bond motifs is 16. The summed E-state index contributed by atoms with van der Waals surface area (Å²) in [6.07, 6.45) is 0. The van der Waals surface area contributed by atoms with E-state index in [4.69, 9.17) is 9.97 Å². The first kappa shape index (κ1) is 28.3. The summed E-state index contributed by atoms with van der Waals surface area (Å²) in [4.78, 5) is 11.1. The predicted octanol–water partition coefficient (Wildman–Crippen LogP) is 13.0. The van der Waals surface area contributed by atoms with Crippen molar-refractivity contribution < 1.29 is 0 Å². The SMILES string of the molecule is c1ccc2cc(-c3nc(-n4c5ccccc5c5cc6c7ccc8ccccc8c7n7c8ccccc8c(c54)c67)nc4c3ccc3ccccc34)ccc2c1. The molecule has 4 nitrogen and oxygen atoms in total. The van der Waals surface area contributed by atoms with Gasteiger partial charge in [-0.1, -0.05) is 140 Å². The van der Waals surface area contributed by atoms with Gasteiger partial charge in [-0.15, -0.1) is 0 Å². The van der Waals surface area contributed by atoms with Crippen LogP contribution >= 0.6 is 0 Å². The first-order valence-corrected chi connectivity index (χ1v) is 18.5. The molecule has 0 fully saturated rings. The Morgan fingerprint density at radius 3 is 1.80 bits per heavy atom. The van der Waals surface area contributed by atoms with E-state index in [2.05, 4.69) is 179 Å². The fourth-order valence-electron chi connectivity index (χ4n) is 9.47. The van der Waals surface area contributed by atoms with Crippen LogP contribution in [-0.2, 0) is 0 Å². The van der Waals surface area contributed by atoms with E-state index in [0.29, 0.717) is 5.95 Å². The average Bonchev–Trinajstić information content (AvgIpc) is 3.87. The van der Waals surface area contributed by atoms with Crippen molar-refractivity contribution in [1.82, 2.24) is 18.9 Å². The second-order valence-corrected chi connectivity index (χ2v) is 14.5. The normalized spacial score (nSPS) is 12.4. The zero-order valence-corrected chi connectivity index (χ0v) is 29.0. The maximum absolute atomic E-state index is 5.58. The maximum Gasteiger partial charge on any atom is 0.235 e. The molecular weight excluding hydrogens is 657 g/mol. The molecule has 13 aromatic rings. The molecule has 0 aliphatic carbocycles. The number of nitrogens with zero attached hydrogens (tertiary/aromatic N) is 4. The first-order valence-electron chi connectivity index (χ1n) is 18.5. The monoisotopic (exact) mass is 684 g/mol. The number of para-hydroxylation sites is 2. The van der Waals surface area contributed by atoms with E-state index in [0.717, 1.165) is 44.0 Å². The molecule has 0 N–H and O–H groups in total. The Labute approximate surface area is 308 Å². The topological polar surface area (TPSA) is 35.1 Å². The fraction of sp³-hybridized carbons (Fsp3) is 0. The highest BCUT2D eigenvalue weighted by Gasteiger charge is 2.26. The lowest BCUT2D eigenvalue weighted by Gasteiger charge is -2.14. The van der Waals surface area contributed by atoms with Crippen LogP contribution in [0.5, 0.6) is 0 Å². The zero-order valence-electron chi connectivity index (χ0n) is 29.0. The van der Waals surface area contributed by atoms with E-state index in [-0.39, 0.29) is 0 Å². The summed E-state index contributed by atoms with van der Waals surface area (Å²) in [7, 11) is 0. The van der Waals surface area contributed by atoms with E-state index in [1.54, 1.807) is 0 Å². The van der Waals surface area contributed by atoms with Crippen LogP contribution in [0.2, 0.25) is 0 Å². The van der Waals surface area contributed by atoms with Crippen molar-refractivity contribution in [2.75, 3.05) is 0 Å². The molecule has 4 heteroatoms. The molecule has 0 amide bonds.